The van der Waals surface area contributed by atoms with Crippen LogP contribution in [0.2, 0.25) is 0 Å². The fourth-order valence-corrected chi connectivity index (χ4v) is 3.49. The Kier molecular flexibility index (Phi) is 9.47. The molecule has 1 aromatic carbocycles. The van der Waals surface area contributed by atoms with Gasteiger partial charge in [-0.3, -0.25) is 4.79 Å². The number of primary sulfonamides is 1. The van der Waals surface area contributed by atoms with Gasteiger partial charge >= 0.3 is 5.97 Å². The highest BCUT2D eigenvalue weighted by atomic mass is 127. The van der Waals surface area contributed by atoms with Crippen LogP contribution in [0.5, 0.6) is 0 Å². The van der Waals surface area contributed by atoms with Gasteiger partial charge in [0.15, 0.2) is 5.96 Å². The third-order valence-corrected chi connectivity index (χ3v) is 5.21. The summed E-state index contributed by atoms with van der Waals surface area (Å²) in [5, 5.41) is 8.42. The van der Waals surface area contributed by atoms with Gasteiger partial charge in [0.1, 0.15) is 0 Å². The molecule has 0 bridgehead atoms. The summed E-state index contributed by atoms with van der Waals surface area (Å²) >= 11 is 0. The van der Waals surface area contributed by atoms with Crippen LogP contribution in [0.1, 0.15) is 25.3 Å². The Morgan fingerprint density at radius 1 is 1.37 bits per heavy atom. The van der Waals surface area contributed by atoms with Crippen molar-refractivity contribution in [3.8, 4) is 0 Å². The molecule has 27 heavy (non-hydrogen) atoms. The summed E-state index contributed by atoms with van der Waals surface area (Å²) in [5.74, 6) is 0.522. The topological polar surface area (TPSA) is 114 Å². The second-order valence-corrected chi connectivity index (χ2v) is 7.71. The average molecular weight is 510 g/mol. The predicted octanol–water partition coefficient (Wildman–Crippen LogP) is 1.30. The molecule has 0 radical (unpaired) electrons. The molecule has 0 unspecified atom stereocenters. The molecular weight excluding hydrogens is 483 g/mol. The summed E-state index contributed by atoms with van der Waals surface area (Å²) in [6.45, 7) is 4.46. The van der Waals surface area contributed by atoms with E-state index < -0.39 is 10.0 Å². The highest BCUT2D eigenvalue weighted by Crippen LogP contribution is 2.19. The lowest BCUT2D eigenvalue weighted by Crippen LogP contribution is -2.46. The van der Waals surface area contributed by atoms with Crippen LogP contribution < -0.4 is 10.5 Å². The standard InChI is InChI=1S/C17H26N4O4S.HI/c1-3-19-17(21-9-7-14(8-10-21)16(22)25-2)20-12-13-5-4-6-15(11-13)26(18,23)24;/h4-6,11,14H,3,7-10,12H2,1-2H3,(H,19,20)(H2,18,23,24);1H. The Bertz CT molecular complexity index is 762. The van der Waals surface area contributed by atoms with Crippen LogP contribution in [-0.4, -0.2) is 52.0 Å². The Labute approximate surface area is 177 Å². The first-order valence-electron chi connectivity index (χ1n) is 8.58. The first-order chi connectivity index (χ1) is 12.3. The van der Waals surface area contributed by atoms with E-state index in [1.165, 1.54) is 19.2 Å². The van der Waals surface area contributed by atoms with Crippen molar-refractivity contribution in [2.75, 3.05) is 26.7 Å². The summed E-state index contributed by atoms with van der Waals surface area (Å²) in [5.41, 5.74) is 0.761. The number of nitrogens with zero attached hydrogens (tertiary/aromatic N) is 2. The smallest absolute Gasteiger partial charge is 0.308 e. The van der Waals surface area contributed by atoms with Crippen molar-refractivity contribution >= 4 is 45.9 Å². The number of methoxy groups -OCH3 is 1. The molecule has 1 aliphatic heterocycles. The third-order valence-electron chi connectivity index (χ3n) is 4.30. The van der Waals surface area contributed by atoms with Crippen molar-refractivity contribution in [3.05, 3.63) is 29.8 Å². The van der Waals surface area contributed by atoms with Crippen LogP contribution in [0.4, 0.5) is 0 Å². The molecule has 1 fully saturated rings. The largest absolute Gasteiger partial charge is 0.469 e. The highest BCUT2D eigenvalue weighted by molar-refractivity contribution is 14.0. The van der Waals surface area contributed by atoms with Crippen molar-refractivity contribution < 1.29 is 17.9 Å². The number of halogens is 1. The van der Waals surface area contributed by atoms with Gasteiger partial charge in [0.05, 0.1) is 24.5 Å². The van der Waals surface area contributed by atoms with Crippen LogP contribution in [0.15, 0.2) is 34.2 Å². The molecule has 0 aromatic heterocycles. The zero-order valence-corrected chi connectivity index (χ0v) is 18.7. The Morgan fingerprint density at radius 3 is 2.59 bits per heavy atom. The maximum atomic E-state index is 11.6. The number of benzene rings is 1. The van der Waals surface area contributed by atoms with Gasteiger partial charge in [0, 0.05) is 19.6 Å². The van der Waals surface area contributed by atoms with Crippen LogP contribution in [0.25, 0.3) is 0 Å². The number of nitrogens with two attached hydrogens (primary N) is 1. The molecule has 3 N–H and O–H groups in total. The van der Waals surface area contributed by atoms with Crippen LogP contribution in [0.3, 0.4) is 0 Å². The number of guanidine groups is 1. The van der Waals surface area contributed by atoms with E-state index in [0.717, 1.165) is 24.4 Å². The van der Waals surface area contributed by atoms with Crippen molar-refractivity contribution in [3.63, 3.8) is 0 Å². The van der Waals surface area contributed by atoms with Gasteiger partial charge in [-0.15, -0.1) is 24.0 Å². The summed E-state index contributed by atoms with van der Waals surface area (Å²) in [6, 6.07) is 6.46. The number of likely N-dealkylation sites (tertiary alicyclic amines) is 1. The quantitative estimate of drug-likeness (QED) is 0.267. The fourth-order valence-electron chi connectivity index (χ4n) is 2.91. The lowest BCUT2D eigenvalue weighted by molar-refractivity contribution is -0.146. The molecule has 152 valence electrons. The molecule has 0 saturated carbocycles. The number of carbonyl (C=O) groups excluding carboxylic acids is 1. The number of carbonyl (C=O) groups is 1. The molecule has 2 rings (SSSR count). The summed E-state index contributed by atoms with van der Waals surface area (Å²) < 4.78 is 27.7. The Balaban J connectivity index is 0.00000364. The predicted molar refractivity (Wildman–Crippen MR) is 114 cm³/mol. The van der Waals surface area contributed by atoms with E-state index in [0.29, 0.717) is 26.2 Å². The Hall–Kier alpha value is -1.40. The van der Waals surface area contributed by atoms with Crippen LogP contribution >= 0.6 is 24.0 Å². The average Bonchev–Trinajstić information content (AvgIpc) is 2.64. The van der Waals surface area contributed by atoms with E-state index in [1.807, 2.05) is 13.0 Å². The van der Waals surface area contributed by atoms with Gasteiger partial charge in [-0.25, -0.2) is 18.5 Å². The number of rotatable bonds is 5. The van der Waals surface area contributed by atoms with Gasteiger partial charge in [0.25, 0.3) is 0 Å². The van der Waals surface area contributed by atoms with E-state index in [9.17, 15) is 13.2 Å². The number of ether oxygens (including phenoxy) is 1. The maximum Gasteiger partial charge on any atom is 0.308 e. The summed E-state index contributed by atoms with van der Waals surface area (Å²) in [4.78, 5) is 18.4. The third kappa shape index (κ3) is 6.92. The van der Waals surface area contributed by atoms with Gasteiger partial charge in [-0.1, -0.05) is 12.1 Å². The van der Waals surface area contributed by atoms with Crippen molar-refractivity contribution in [1.82, 2.24) is 10.2 Å². The zero-order chi connectivity index (χ0) is 19.2. The maximum absolute atomic E-state index is 11.6. The molecule has 0 spiro atoms. The minimum atomic E-state index is -3.73. The summed E-state index contributed by atoms with van der Waals surface area (Å²) in [6.07, 6.45) is 1.44. The zero-order valence-electron chi connectivity index (χ0n) is 15.6. The van der Waals surface area contributed by atoms with Gasteiger partial charge in [-0.2, -0.15) is 0 Å². The van der Waals surface area contributed by atoms with E-state index in [1.54, 1.807) is 6.07 Å². The fraction of sp³-hybridized carbons (Fsp3) is 0.529. The molecular formula is C17H27IN4O4S. The first-order valence-corrected chi connectivity index (χ1v) is 10.1. The first kappa shape index (κ1) is 23.6. The van der Waals surface area contributed by atoms with Gasteiger partial charge in [-0.05, 0) is 37.5 Å². The molecule has 0 aliphatic carbocycles. The minimum absolute atomic E-state index is 0. The molecule has 10 heteroatoms. The highest BCUT2D eigenvalue weighted by Gasteiger charge is 2.26. The number of esters is 1. The minimum Gasteiger partial charge on any atom is -0.469 e. The van der Waals surface area contributed by atoms with Gasteiger partial charge in [0.2, 0.25) is 10.0 Å². The van der Waals surface area contributed by atoms with Crippen molar-refractivity contribution in [2.24, 2.45) is 16.0 Å². The molecule has 1 aliphatic rings. The van der Waals surface area contributed by atoms with E-state index in [-0.39, 0.29) is 40.8 Å². The molecule has 0 atom stereocenters. The molecule has 1 heterocycles. The lowest BCUT2D eigenvalue weighted by atomic mass is 9.97. The second kappa shape index (κ2) is 10.8. The normalized spacial score (nSPS) is 15.8. The molecule has 8 nitrogen and oxygen atoms in total. The molecule has 1 saturated heterocycles. The lowest BCUT2D eigenvalue weighted by Gasteiger charge is -2.33. The number of piperidine rings is 1. The Morgan fingerprint density at radius 2 is 2.04 bits per heavy atom. The SMILES string of the molecule is CCNC(=NCc1cccc(S(N)(=O)=O)c1)N1CCC(C(=O)OC)CC1.I. The number of hydrogen-bond acceptors (Lipinski definition) is 5. The second-order valence-electron chi connectivity index (χ2n) is 6.15. The number of nitrogens with one attached hydrogen (secondary N) is 1. The number of hydrogen-bond donors (Lipinski definition) is 2. The van der Waals surface area contributed by atoms with Crippen LogP contribution in [-0.2, 0) is 26.1 Å². The summed E-state index contributed by atoms with van der Waals surface area (Å²) in [7, 11) is -2.32. The van der Waals surface area contributed by atoms with Crippen molar-refractivity contribution in [2.45, 2.75) is 31.2 Å². The number of sulfonamides is 1. The number of aliphatic imine (C=N–C) groups is 1. The van der Waals surface area contributed by atoms with Crippen molar-refractivity contribution in [1.29, 1.82) is 0 Å². The van der Waals surface area contributed by atoms with E-state index >= 15 is 0 Å². The van der Waals surface area contributed by atoms with E-state index in [2.05, 4.69) is 15.2 Å². The van der Waals surface area contributed by atoms with Crippen LogP contribution in [0, 0.1) is 5.92 Å². The van der Waals surface area contributed by atoms with Gasteiger partial charge < -0.3 is 15.0 Å². The monoisotopic (exact) mass is 510 g/mol. The van der Waals surface area contributed by atoms with E-state index in [4.69, 9.17) is 9.88 Å². The molecule has 1 aromatic rings. The molecule has 0 amide bonds.